The lowest BCUT2D eigenvalue weighted by Crippen LogP contribution is -2.06. The number of benzene rings is 1. The van der Waals surface area contributed by atoms with Gasteiger partial charge in [-0.1, -0.05) is 18.2 Å². The Morgan fingerprint density at radius 2 is 1.78 bits per heavy atom. The molecule has 0 spiro atoms. The van der Waals surface area contributed by atoms with Gasteiger partial charge in [-0.15, -0.1) is 0 Å². The fourth-order valence-corrected chi connectivity index (χ4v) is 2.15. The average molecular weight is 238 g/mol. The van der Waals surface area contributed by atoms with Crippen LogP contribution in [0, 0.1) is 20.8 Å². The number of aryl methyl sites for hydroxylation is 3. The van der Waals surface area contributed by atoms with Crippen LogP contribution in [0.4, 0.5) is 0 Å². The van der Waals surface area contributed by atoms with Gasteiger partial charge >= 0.3 is 0 Å². The van der Waals surface area contributed by atoms with Crippen LogP contribution >= 0.6 is 0 Å². The molecule has 90 valence electrons. The van der Waals surface area contributed by atoms with Gasteiger partial charge in [0.15, 0.2) is 0 Å². The van der Waals surface area contributed by atoms with E-state index in [1.54, 1.807) is 4.68 Å². The summed E-state index contributed by atoms with van der Waals surface area (Å²) in [5, 5.41) is 5.51. The highest BCUT2D eigenvalue weighted by atomic mass is 15.4. The summed E-state index contributed by atoms with van der Waals surface area (Å²) in [6.45, 7) is 5.98. The zero-order valence-corrected chi connectivity index (χ0v) is 10.7. The number of para-hydroxylation sites is 1. The van der Waals surface area contributed by atoms with E-state index in [0.29, 0.717) is 5.95 Å². The van der Waals surface area contributed by atoms with Gasteiger partial charge in [0.2, 0.25) is 0 Å². The molecule has 0 saturated heterocycles. The highest BCUT2D eigenvalue weighted by Gasteiger charge is 2.09. The average Bonchev–Trinajstić information content (AvgIpc) is 2.68. The van der Waals surface area contributed by atoms with Crippen molar-refractivity contribution in [3.05, 3.63) is 47.4 Å². The third kappa shape index (κ3) is 1.66. The second kappa shape index (κ2) is 3.91. The van der Waals surface area contributed by atoms with Gasteiger partial charge in [-0.25, -0.2) is 14.6 Å². The van der Waals surface area contributed by atoms with E-state index in [1.165, 1.54) is 0 Å². The van der Waals surface area contributed by atoms with E-state index >= 15 is 0 Å². The normalized spacial score (nSPS) is 11.1. The van der Waals surface area contributed by atoms with Crippen molar-refractivity contribution in [3.8, 4) is 5.95 Å². The highest BCUT2D eigenvalue weighted by molar-refractivity contribution is 5.81. The largest absolute Gasteiger partial charge is 0.251 e. The van der Waals surface area contributed by atoms with Gasteiger partial charge in [-0.05, 0) is 32.9 Å². The molecule has 4 nitrogen and oxygen atoms in total. The van der Waals surface area contributed by atoms with Crippen LogP contribution in [0.1, 0.15) is 17.1 Å². The van der Waals surface area contributed by atoms with Crippen LogP contribution in [0.2, 0.25) is 0 Å². The predicted molar refractivity (Wildman–Crippen MR) is 70.9 cm³/mol. The third-order valence-electron chi connectivity index (χ3n) is 2.98. The molecular weight excluding hydrogens is 224 g/mol. The Morgan fingerprint density at radius 1 is 1.00 bits per heavy atom. The van der Waals surface area contributed by atoms with Crippen molar-refractivity contribution in [1.29, 1.82) is 0 Å². The summed E-state index contributed by atoms with van der Waals surface area (Å²) in [6, 6.07) is 10.0. The molecule has 3 aromatic rings. The Kier molecular flexibility index (Phi) is 2.37. The molecule has 0 aliphatic rings. The van der Waals surface area contributed by atoms with Crippen molar-refractivity contribution in [2.75, 3.05) is 0 Å². The quantitative estimate of drug-likeness (QED) is 0.654. The minimum atomic E-state index is 0.636. The smallest absolute Gasteiger partial charge is 0.216 e. The first-order valence-corrected chi connectivity index (χ1v) is 5.92. The number of hydrogen-bond acceptors (Lipinski definition) is 3. The fraction of sp³-hybridized carbons (Fsp3) is 0.214. The van der Waals surface area contributed by atoms with E-state index in [9.17, 15) is 0 Å². The maximum Gasteiger partial charge on any atom is 0.251 e. The van der Waals surface area contributed by atoms with Crippen molar-refractivity contribution in [3.63, 3.8) is 0 Å². The Labute approximate surface area is 105 Å². The lowest BCUT2D eigenvalue weighted by molar-refractivity contribution is 0.775. The van der Waals surface area contributed by atoms with Crippen LogP contribution in [0.15, 0.2) is 30.3 Å². The topological polar surface area (TPSA) is 43.6 Å². The van der Waals surface area contributed by atoms with Crippen LogP contribution in [0.5, 0.6) is 0 Å². The molecule has 18 heavy (non-hydrogen) atoms. The lowest BCUT2D eigenvalue weighted by atomic mass is 10.2. The summed E-state index contributed by atoms with van der Waals surface area (Å²) >= 11 is 0. The minimum absolute atomic E-state index is 0.636. The number of nitrogens with zero attached hydrogens (tertiary/aromatic N) is 4. The number of fused-ring (bicyclic) bond motifs is 1. The molecule has 3 rings (SSSR count). The van der Waals surface area contributed by atoms with Crippen LogP contribution in [0.25, 0.3) is 16.9 Å². The first kappa shape index (κ1) is 10.9. The van der Waals surface area contributed by atoms with Crippen LogP contribution < -0.4 is 0 Å². The SMILES string of the molecule is Cc1cc(C)n(-c2nc(C)c3ccccc3n2)n1. The molecule has 0 N–H and O–H groups in total. The maximum absolute atomic E-state index is 4.57. The molecule has 4 heteroatoms. The van der Waals surface area contributed by atoms with E-state index in [4.69, 9.17) is 0 Å². The Bertz CT molecular complexity index is 728. The molecule has 0 aliphatic carbocycles. The van der Waals surface area contributed by atoms with Crippen LogP contribution in [0.3, 0.4) is 0 Å². The molecule has 0 aliphatic heterocycles. The highest BCUT2D eigenvalue weighted by Crippen LogP contribution is 2.17. The molecule has 0 saturated carbocycles. The van der Waals surface area contributed by atoms with E-state index in [-0.39, 0.29) is 0 Å². The number of aromatic nitrogens is 4. The van der Waals surface area contributed by atoms with Crippen molar-refractivity contribution in [1.82, 2.24) is 19.7 Å². The lowest BCUT2D eigenvalue weighted by Gasteiger charge is -2.06. The van der Waals surface area contributed by atoms with Crippen molar-refractivity contribution in [2.45, 2.75) is 20.8 Å². The molecule has 0 bridgehead atoms. The molecule has 1 aromatic carbocycles. The molecule has 0 amide bonds. The second-order valence-corrected chi connectivity index (χ2v) is 4.47. The van der Waals surface area contributed by atoms with E-state index in [0.717, 1.165) is 28.0 Å². The Morgan fingerprint density at radius 3 is 2.50 bits per heavy atom. The van der Waals surface area contributed by atoms with Gasteiger partial charge in [0.25, 0.3) is 5.95 Å². The predicted octanol–water partition coefficient (Wildman–Crippen LogP) is 2.74. The van der Waals surface area contributed by atoms with E-state index in [2.05, 4.69) is 15.1 Å². The molecule has 0 atom stereocenters. The van der Waals surface area contributed by atoms with Gasteiger partial charge < -0.3 is 0 Å². The standard InChI is InChI=1S/C14H14N4/c1-9-8-10(2)18(17-9)14-15-11(3)12-6-4-5-7-13(12)16-14/h4-8H,1-3H3. The first-order chi connectivity index (χ1) is 8.65. The van der Waals surface area contributed by atoms with Gasteiger partial charge in [-0.2, -0.15) is 5.10 Å². The zero-order chi connectivity index (χ0) is 12.7. The van der Waals surface area contributed by atoms with Gasteiger partial charge in [0, 0.05) is 11.1 Å². The molecule has 0 fully saturated rings. The summed E-state index contributed by atoms with van der Waals surface area (Å²) in [4.78, 5) is 9.10. The maximum atomic E-state index is 4.57. The summed E-state index contributed by atoms with van der Waals surface area (Å²) < 4.78 is 1.79. The fourth-order valence-electron chi connectivity index (χ4n) is 2.15. The second-order valence-electron chi connectivity index (χ2n) is 4.47. The van der Waals surface area contributed by atoms with E-state index < -0.39 is 0 Å². The number of rotatable bonds is 1. The van der Waals surface area contributed by atoms with Crippen LogP contribution in [-0.2, 0) is 0 Å². The molecule has 0 radical (unpaired) electrons. The van der Waals surface area contributed by atoms with Gasteiger partial charge in [0.05, 0.1) is 16.9 Å². The monoisotopic (exact) mass is 238 g/mol. The molecule has 0 unspecified atom stereocenters. The molecular formula is C14H14N4. The molecule has 2 heterocycles. The summed E-state index contributed by atoms with van der Waals surface area (Å²) in [7, 11) is 0. The summed E-state index contributed by atoms with van der Waals surface area (Å²) in [5.41, 5.74) is 3.94. The van der Waals surface area contributed by atoms with Crippen molar-refractivity contribution in [2.24, 2.45) is 0 Å². The summed E-state index contributed by atoms with van der Waals surface area (Å²) in [5.74, 6) is 0.636. The zero-order valence-electron chi connectivity index (χ0n) is 10.7. The molecule has 2 aromatic heterocycles. The van der Waals surface area contributed by atoms with Gasteiger partial charge in [0.1, 0.15) is 0 Å². The Balaban J connectivity index is 2.27. The van der Waals surface area contributed by atoms with Crippen LogP contribution in [-0.4, -0.2) is 19.7 Å². The van der Waals surface area contributed by atoms with Crippen molar-refractivity contribution >= 4 is 10.9 Å². The summed E-state index contributed by atoms with van der Waals surface area (Å²) in [6.07, 6.45) is 0. The minimum Gasteiger partial charge on any atom is -0.216 e. The van der Waals surface area contributed by atoms with Crippen molar-refractivity contribution < 1.29 is 0 Å². The Hall–Kier alpha value is -2.23. The number of hydrogen-bond donors (Lipinski definition) is 0. The first-order valence-electron chi connectivity index (χ1n) is 5.92. The third-order valence-corrected chi connectivity index (χ3v) is 2.98. The van der Waals surface area contributed by atoms with E-state index in [1.807, 2.05) is 51.1 Å². The van der Waals surface area contributed by atoms with Gasteiger partial charge in [-0.3, -0.25) is 0 Å².